The first-order valence-corrected chi connectivity index (χ1v) is 9.70. The minimum absolute atomic E-state index is 0.0839. The summed E-state index contributed by atoms with van der Waals surface area (Å²) < 4.78 is 5.24. The third-order valence-corrected chi connectivity index (χ3v) is 5.12. The van der Waals surface area contributed by atoms with Crippen LogP contribution in [0.4, 0.5) is 5.69 Å². The van der Waals surface area contributed by atoms with Crippen LogP contribution in [0.15, 0.2) is 77.4 Å². The van der Waals surface area contributed by atoms with Gasteiger partial charge in [0.2, 0.25) is 0 Å². The molecule has 5 nitrogen and oxygen atoms in total. The van der Waals surface area contributed by atoms with E-state index in [1.54, 1.807) is 6.26 Å². The standard InChI is InChI=1S/C23H25N3O2/c27-23(24-17-22-7-4-16-28-22)20-10-8-19(9-11-20)18-25-12-14-26(15-13-25)21-5-2-1-3-6-21/h1-11,16H,12-15,17-18H2,(H,24,27). The Morgan fingerprint density at radius 3 is 2.32 bits per heavy atom. The summed E-state index contributed by atoms with van der Waals surface area (Å²) in [6.45, 7) is 5.48. The van der Waals surface area contributed by atoms with Crippen LogP contribution in [0.25, 0.3) is 0 Å². The molecular formula is C23H25N3O2. The van der Waals surface area contributed by atoms with Gasteiger partial charge in [-0.25, -0.2) is 0 Å². The van der Waals surface area contributed by atoms with Gasteiger partial charge in [0, 0.05) is 44.0 Å². The normalized spacial score (nSPS) is 14.8. The zero-order valence-corrected chi connectivity index (χ0v) is 15.9. The van der Waals surface area contributed by atoms with Gasteiger partial charge in [0.1, 0.15) is 5.76 Å². The number of benzene rings is 2. The van der Waals surface area contributed by atoms with E-state index >= 15 is 0 Å². The lowest BCUT2D eigenvalue weighted by molar-refractivity contribution is 0.0948. The van der Waals surface area contributed by atoms with Gasteiger partial charge in [-0.3, -0.25) is 9.69 Å². The van der Waals surface area contributed by atoms with Gasteiger partial charge < -0.3 is 14.6 Å². The van der Waals surface area contributed by atoms with Crippen molar-refractivity contribution in [1.29, 1.82) is 0 Å². The summed E-state index contributed by atoms with van der Waals surface area (Å²) in [5.74, 6) is 0.666. The van der Waals surface area contributed by atoms with Crippen molar-refractivity contribution < 1.29 is 9.21 Å². The quantitative estimate of drug-likeness (QED) is 0.716. The van der Waals surface area contributed by atoms with E-state index < -0.39 is 0 Å². The predicted octanol–water partition coefficient (Wildman–Crippen LogP) is 3.53. The molecule has 0 radical (unpaired) electrons. The average Bonchev–Trinajstić information content (AvgIpc) is 3.27. The van der Waals surface area contributed by atoms with Crippen LogP contribution in [0.5, 0.6) is 0 Å². The van der Waals surface area contributed by atoms with E-state index in [0.29, 0.717) is 12.1 Å². The van der Waals surface area contributed by atoms with Crippen LogP contribution < -0.4 is 10.2 Å². The largest absolute Gasteiger partial charge is 0.467 e. The van der Waals surface area contributed by atoms with Crippen molar-refractivity contribution >= 4 is 11.6 Å². The molecule has 2 aromatic carbocycles. The SMILES string of the molecule is O=C(NCc1ccco1)c1ccc(CN2CCN(c3ccccc3)CC2)cc1. The molecule has 0 saturated carbocycles. The first-order valence-electron chi connectivity index (χ1n) is 9.70. The molecule has 28 heavy (non-hydrogen) atoms. The predicted molar refractivity (Wildman–Crippen MR) is 110 cm³/mol. The number of anilines is 1. The molecule has 0 unspecified atom stereocenters. The van der Waals surface area contributed by atoms with E-state index in [0.717, 1.165) is 38.5 Å². The van der Waals surface area contributed by atoms with Gasteiger partial charge in [-0.15, -0.1) is 0 Å². The monoisotopic (exact) mass is 375 g/mol. The molecule has 1 aliphatic heterocycles. The van der Waals surface area contributed by atoms with Gasteiger partial charge in [-0.05, 0) is 42.0 Å². The summed E-state index contributed by atoms with van der Waals surface area (Å²) in [5, 5.41) is 2.87. The van der Waals surface area contributed by atoms with Crippen molar-refractivity contribution in [2.75, 3.05) is 31.1 Å². The second-order valence-electron chi connectivity index (χ2n) is 7.06. The molecule has 0 atom stereocenters. The molecule has 4 rings (SSSR count). The molecule has 1 aromatic heterocycles. The molecule has 144 valence electrons. The number of piperazine rings is 1. The first-order chi connectivity index (χ1) is 13.8. The lowest BCUT2D eigenvalue weighted by Crippen LogP contribution is -2.45. The molecule has 1 N–H and O–H groups in total. The molecule has 0 aliphatic carbocycles. The number of carbonyl (C=O) groups is 1. The van der Waals surface area contributed by atoms with Gasteiger partial charge in [-0.1, -0.05) is 30.3 Å². The Bertz CT molecular complexity index is 868. The highest BCUT2D eigenvalue weighted by Gasteiger charge is 2.17. The molecule has 5 heteroatoms. The van der Waals surface area contributed by atoms with Crippen LogP contribution in [0, 0.1) is 0 Å². The first kappa shape index (κ1) is 18.3. The summed E-state index contributed by atoms with van der Waals surface area (Å²) in [6.07, 6.45) is 1.61. The maximum atomic E-state index is 12.2. The second-order valence-corrected chi connectivity index (χ2v) is 7.06. The number of hydrogen-bond donors (Lipinski definition) is 1. The van der Waals surface area contributed by atoms with E-state index in [1.807, 2.05) is 36.4 Å². The number of hydrogen-bond acceptors (Lipinski definition) is 4. The van der Waals surface area contributed by atoms with E-state index in [1.165, 1.54) is 11.3 Å². The number of rotatable bonds is 6. The zero-order chi connectivity index (χ0) is 19.2. The molecule has 1 aliphatic rings. The fourth-order valence-corrected chi connectivity index (χ4v) is 3.51. The topological polar surface area (TPSA) is 48.7 Å². The Labute approximate surface area is 165 Å². The summed E-state index contributed by atoms with van der Waals surface area (Å²) in [7, 11) is 0. The lowest BCUT2D eigenvalue weighted by atomic mass is 10.1. The van der Waals surface area contributed by atoms with Gasteiger partial charge in [0.25, 0.3) is 5.91 Å². The van der Waals surface area contributed by atoms with Crippen molar-refractivity contribution in [1.82, 2.24) is 10.2 Å². The van der Waals surface area contributed by atoms with Crippen LogP contribution in [0.2, 0.25) is 0 Å². The van der Waals surface area contributed by atoms with Crippen LogP contribution in [-0.4, -0.2) is 37.0 Å². The van der Waals surface area contributed by atoms with Crippen LogP contribution >= 0.6 is 0 Å². The van der Waals surface area contributed by atoms with Crippen molar-refractivity contribution in [2.24, 2.45) is 0 Å². The molecule has 0 spiro atoms. The number of amides is 1. The third kappa shape index (κ3) is 4.61. The zero-order valence-electron chi connectivity index (χ0n) is 15.9. The van der Waals surface area contributed by atoms with E-state index in [4.69, 9.17) is 4.42 Å². The maximum Gasteiger partial charge on any atom is 0.251 e. The van der Waals surface area contributed by atoms with Crippen molar-refractivity contribution in [2.45, 2.75) is 13.1 Å². The maximum absolute atomic E-state index is 12.2. The molecule has 1 fully saturated rings. The van der Waals surface area contributed by atoms with Crippen LogP contribution in [0.1, 0.15) is 21.7 Å². The summed E-state index contributed by atoms with van der Waals surface area (Å²) in [5.41, 5.74) is 3.20. The van der Waals surface area contributed by atoms with Gasteiger partial charge >= 0.3 is 0 Å². The Morgan fingerprint density at radius 2 is 1.64 bits per heavy atom. The number of nitrogens with one attached hydrogen (secondary N) is 1. The highest BCUT2D eigenvalue weighted by atomic mass is 16.3. The highest BCUT2D eigenvalue weighted by molar-refractivity contribution is 5.94. The van der Waals surface area contributed by atoms with Gasteiger partial charge in [-0.2, -0.15) is 0 Å². The van der Waals surface area contributed by atoms with Crippen LogP contribution in [0.3, 0.4) is 0 Å². The molecular weight excluding hydrogens is 350 g/mol. The summed E-state index contributed by atoms with van der Waals surface area (Å²) >= 11 is 0. The molecule has 2 heterocycles. The van der Waals surface area contributed by atoms with Crippen molar-refractivity contribution in [3.05, 3.63) is 89.9 Å². The van der Waals surface area contributed by atoms with E-state index in [2.05, 4.69) is 45.4 Å². The highest BCUT2D eigenvalue weighted by Crippen LogP contribution is 2.17. The fourth-order valence-electron chi connectivity index (χ4n) is 3.51. The number of carbonyl (C=O) groups excluding carboxylic acids is 1. The Kier molecular flexibility index (Phi) is 5.73. The van der Waals surface area contributed by atoms with E-state index in [9.17, 15) is 4.79 Å². The van der Waals surface area contributed by atoms with Crippen molar-refractivity contribution in [3.8, 4) is 0 Å². The Morgan fingerprint density at radius 1 is 0.893 bits per heavy atom. The number of nitrogens with zero attached hydrogens (tertiary/aromatic N) is 2. The summed E-state index contributed by atoms with van der Waals surface area (Å²) in [4.78, 5) is 17.1. The van der Waals surface area contributed by atoms with Crippen LogP contribution in [-0.2, 0) is 13.1 Å². The molecule has 0 bridgehead atoms. The summed E-state index contributed by atoms with van der Waals surface area (Å²) in [6, 6.07) is 22.1. The molecule has 1 saturated heterocycles. The minimum atomic E-state index is -0.0839. The smallest absolute Gasteiger partial charge is 0.251 e. The third-order valence-electron chi connectivity index (χ3n) is 5.12. The minimum Gasteiger partial charge on any atom is -0.467 e. The molecule has 3 aromatic rings. The second kappa shape index (κ2) is 8.76. The fraction of sp³-hybridized carbons (Fsp3) is 0.261. The lowest BCUT2D eigenvalue weighted by Gasteiger charge is -2.36. The number of para-hydroxylation sites is 1. The Balaban J connectivity index is 1.26. The van der Waals surface area contributed by atoms with Gasteiger partial charge in [0.15, 0.2) is 0 Å². The average molecular weight is 375 g/mol. The molecule has 1 amide bonds. The van der Waals surface area contributed by atoms with Gasteiger partial charge in [0.05, 0.1) is 12.8 Å². The van der Waals surface area contributed by atoms with E-state index in [-0.39, 0.29) is 5.91 Å². The Hall–Kier alpha value is -3.05. The van der Waals surface area contributed by atoms with Crippen molar-refractivity contribution in [3.63, 3.8) is 0 Å². The number of furan rings is 1.